The summed E-state index contributed by atoms with van der Waals surface area (Å²) >= 11 is 0. The Hall–Kier alpha value is -0.970. The van der Waals surface area contributed by atoms with E-state index in [4.69, 9.17) is 10.5 Å². The van der Waals surface area contributed by atoms with Gasteiger partial charge in [0.2, 0.25) is 0 Å². The quantitative estimate of drug-likeness (QED) is 0.921. The van der Waals surface area contributed by atoms with Gasteiger partial charge in [-0.25, -0.2) is 4.39 Å². The third-order valence-electron chi connectivity index (χ3n) is 4.16. The monoisotopic (exact) mass is 280 g/mol. The van der Waals surface area contributed by atoms with Crippen LogP contribution in [0.5, 0.6) is 0 Å². The Morgan fingerprint density at radius 3 is 2.90 bits per heavy atom. The van der Waals surface area contributed by atoms with E-state index >= 15 is 0 Å². The number of ether oxygens (including phenoxy) is 1. The molecule has 1 aromatic carbocycles. The van der Waals surface area contributed by atoms with Crippen LogP contribution in [0.4, 0.5) is 4.39 Å². The van der Waals surface area contributed by atoms with Crippen molar-refractivity contribution >= 4 is 0 Å². The summed E-state index contributed by atoms with van der Waals surface area (Å²) in [4.78, 5) is 2.39. The Bertz CT molecular complexity index is 438. The first kappa shape index (κ1) is 15.4. The minimum Gasteiger partial charge on any atom is -0.383 e. The molecule has 20 heavy (non-hydrogen) atoms. The van der Waals surface area contributed by atoms with Crippen LogP contribution in [-0.2, 0) is 4.74 Å². The van der Waals surface area contributed by atoms with E-state index in [1.807, 2.05) is 13.0 Å². The normalized spacial score (nSPS) is 24.6. The van der Waals surface area contributed by atoms with Gasteiger partial charge >= 0.3 is 0 Å². The number of aryl methyl sites for hydroxylation is 1. The van der Waals surface area contributed by atoms with Crippen LogP contribution >= 0.6 is 0 Å². The number of methoxy groups -OCH3 is 1. The van der Waals surface area contributed by atoms with Crippen molar-refractivity contribution < 1.29 is 9.13 Å². The molecule has 112 valence electrons. The van der Waals surface area contributed by atoms with Crippen LogP contribution in [0.2, 0.25) is 0 Å². The van der Waals surface area contributed by atoms with Crippen LogP contribution in [0.1, 0.15) is 36.4 Å². The zero-order valence-corrected chi connectivity index (χ0v) is 12.4. The molecule has 0 bridgehead atoms. The minimum atomic E-state index is -0.183. The van der Waals surface area contributed by atoms with Gasteiger partial charge in [0.05, 0.1) is 12.6 Å². The van der Waals surface area contributed by atoms with Gasteiger partial charge in [0.15, 0.2) is 0 Å². The average Bonchev–Trinajstić information content (AvgIpc) is 2.59. The fraction of sp³-hybridized carbons (Fsp3) is 0.625. The van der Waals surface area contributed by atoms with E-state index in [0.29, 0.717) is 6.61 Å². The van der Waals surface area contributed by atoms with Crippen molar-refractivity contribution in [2.45, 2.75) is 38.3 Å². The fourth-order valence-electron chi connectivity index (χ4n) is 3.12. The Kier molecular flexibility index (Phi) is 5.52. The Morgan fingerprint density at radius 2 is 2.20 bits per heavy atom. The molecule has 2 N–H and O–H groups in total. The molecule has 4 heteroatoms. The van der Waals surface area contributed by atoms with Crippen molar-refractivity contribution in [2.75, 3.05) is 26.8 Å². The summed E-state index contributed by atoms with van der Waals surface area (Å²) in [5.41, 5.74) is 8.54. The number of benzene rings is 1. The first-order chi connectivity index (χ1) is 9.63. The van der Waals surface area contributed by atoms with Crippen molar-refractivity contribution in [2.24, 2.45) is 5.73 Å². The molecule has 0 radical (unpaired) electrons. The SMILES string of the molecule is COCCN1CCCCC(N)C1c1ccc(F)cc1C. The molecule has 1 aromatic rings. The first-order valence-corrected chi connectivity index (χ1v) is 7.38. The van der Waals surface area contributed by atoms with Gasteiger partial charge in [-0.3, -0.25) is 4.90 Å². The molecule has 3 nitrogen and oxygen atoms in total. The number of hydrogen-bond acceptors (Lipinski definition) is 3. The van der Waals surface area contributed by atoms with Gasteiger partial charge in [-0.15, -0.1) is 0 Å². The van der Waals surface area contributed by atoms with E-state index in [0.717, 1.165) is 43.5 Å². The highest BCUT2D eigenvalue weighted by Crippen LogP contribution is 2.31. The highest BCUT2D eigenvalue weighted by molar-refractivity contribution is 5.31. The number of nitrogens with two attached hydrogens (primary N) is 1. The second kappa shape index (κ2) is 7.16. The Balaban J connectivity index is 2.29. The molecule has 2 atom stereocenters. The van der Waals surface area contributed by atoms with E-state index < -0.39 is 0 Å². The Labute approximate surface area is 120 Å². The summed E-state index contributed by atoms with van der Waals surface area (Å²) in [5.74, 6) is -0.183. The van der Waals surface area contributed by atoms with Crippen LogP contribution in [-0.4, -0.2) is 37.7 Å². The van der Waals surface area contributed by atoms with Gasteiger partial charge in [-0.2, -0.15) is 0 Å². The van der Waals surface area contributed by atoms with E-state index in [1.165, 1.54) is 6.07 Å². The van der Waals surface area contributed by atoms with Crippen LogP contribution in [0, 0.1) is 12.7 Å². The summed E-state index contributed by atoms with van der Waals surface area (Å²) in [6, 6.07) is 5.28. The number of likely N-dealkylation sites (tertiary alicyclic amines) is 1. The largest absolute Gasteiger partial charge is 0.383 e. The molecule has 0 amide bonds. The van der Waals surface area contributed by atoms with E-state index in [1.54, 1.807) is 13.2 Å². The molecule has 2 rings (SSSR count). The molecular formula is C16H25FN2O. The second-order valence-electron chi connectivity index (χ2n) is 5.63. The third kappa shape index (κ3) is 3.57. The maximum Gasteiger partial charge on any atom is 0.123 e. The number of halogens is 1. The van der Waals surface area contributed by atoms with Crippen LogP contribution in [0.25, 0.3) is 0 Å². The van der Waals surface area contributed by atoms with Gasteiger partial charge in [0, 0.05) is 19.7 Å². The number of nitrogens with zero attached hydrogens (tertiary/aromatic N) is 1. The molecule has 1 aliphatic rings. The number of rotatable bonds is 4. The van der Waals surface area contributed by atoms with Gasteiger partial charge < -0.3 is 10.5 Å². The average molecular weight is 280 g/mol. The predicted molar refractivity (Wildman–Crippen MR) is 79.2 cm³/mol. The molecule has 0 aliphatic carbocycles. The van der Waals surface area contributed by atoms with Crippen LogP contribution in [0.15, 0.2) is 18.2 Å². The highest BCUT2D eigenvalue weighted by atomic mass is 19.1. The van der Waals surface area contributed by atoms with E-state index in [-0.39, 0.29) is 17.9 Å². The lowest BCUT2D eigenvalue weighted by Gasteiger charge is -2.34. The molecule has 0 spiro atoms. The summed E-state index contributed by atoms with van der Waals surface area (Å²) in [5, 5.41) is 0. The van der Waals surface area contributed by atoms with Gasteiger partial charge in [0.25, 0.3) is 0 Å². The smallest absolute Gasteiger partial charge is 0.123 e. The highest BCUT2D eigenvalue weighted by Gasteiger charge is 2.29. The van der Waals surface area contributed by atoms with Gasteiger partial charge in [-0.05, 0) is 49.6 Å². The van der Waals surface area contributed by atoms with Crippen molar-refractivity contribution in [1.82, 2.24) is 4.90 Å². The maximum absolute atomic E-state index is 13.3. The molecule has 1 heterocycles. The standard InChI is InChI=1S/C16H25FN2O/c1-12-11-13(17)6-7-14(12)16-15(18)5-3-4-8-19(16)9-10-20-2/h6-7,11,15-16H,3-5,8-10,18H2,1-2H3. The lowest BCUT2D eigenvalue weighted by Crippen LogP contribution is -2.41. The van der Waals surface area contributed by atoms with Crippen molar-refractivity contribution in [1.29, 1.82) is 0 Å². The number of hydrogen-bond donors (Lipinski definition) is 1. The second-order valence-corrected chi connectivity index (χ2v) is 5.63. The summed E-state index contributed by atoms with van der Waals surface area (Å²) in [7, 11) is 1.72. The molecule has 0 saturated carbocycles. The fourth-order valence-corrected chi connectivity index (χ4v) is 3.12. The maximum atomic E-state index is 13.3. The molecule has 0 aromatic heterocycles. The van der Waals surface area contributed by atoms with Gasteiger partial charge in [0.1, 0.15) is 5.82 Å². The zero-order chi connectivity index (χ0) is 14.5. The zero-order valence-electron chi connectivity index (χ0n) is 12.4. The topological polar surface area (TPSA) is 38.5 Å². The van der Waals surface area contributed by atoms with Crippen LogP contribution in [0.3, 0.4) is 0 Å². The summed E-state index contributed by atoms with van der Waals surface area (Å²) in [6.45, 7) is 4.55. The third-order valence-corrected chi connectivity index (χ3v) is 4.16. The molecule has 1 saturated heterocycles. The molecule has 2 unspecified atom stereocenters. The predicted octanol–water partition coefficient (Wildman–Crippen LogP) is 2.63. The first-order valence-electron chi connectivity index (χ1n) is 7.38. The minimum absolute atomic E-state index is 0.0958. The lowest BCUT2D eigenvalue weighted by molar-refractivity contribution is 0.114. The van der Waals surface area contributed by atoms with Crippen LogP contribution < -0.4 is 5.73 Å². The molecule has 1 fully saturated rings. The van der Waals surface area contributed by atoms with Crippen molar-refractivity contribution in [3.8, 4) is 0 Å². The Morgan fingerprint density at radius 1 is 1.40 bits per heavy atom. The lowest BCUT2D eigenvalue weighted by atomic mass is 9.93. The van der Waals surface area contributed by atoms with E-state index in [2.05, 4.69) is 4.90 Å². The summed E-state index contributed by atoms with van der Waals surface area (Å²) in [6.07, 6.45) is 3.33. The van der Waals surface area contributed by atoms with Crippen molar-refractivity contribution in [3.05, 3.63) is 35.1 Å². The summed E-state index contributed by atoms with van der Waals surface area (Å²) < 4.78 is 18.5. The molecular weight excluding hydrogens is 255 g/mol. The van der Waals surface area contributed by atoms with Crippen molar-refractivity contribution in [3.63, 3.8) is 0 Å². The molecule has 1 aliphatic heterocycles. The van der Waals surface area contributed by atoms with E-state index in [9.17, 15) is 4.39 Å². The van der Waals surface area contributed by atoms with Gasteiger partial charge in [-0.1, -0.05) is 12.5 Å².